The summed E-state index contributed by atoms with van der Waals surface area (Å²) in [4.78, 5) is 14.6. The van der Waals surface area contributed by atoms with Gasteiger partial charge in [-0.05, 0) is 37.9 Å². The smallest absolute Gasteiger partial charge is 0.345 e. The van der Waals surface area contributed by atoms with E-state index in [0.29, 0.717) is 4.88 Å². The monoisotopic (exact) mass is 255 g/mol. The van der Waals surface area contributed by atoms with Crippen LogP contribution in [-0.2, 0) is 6.54 Å². The van der Waals surface area contributed by atoms with E-state index in [0.717, 1.165) is 36.4 Å². The lowest BCUT2D eigenvalue weighted by atomic mass is 10.2. The molecule has 5 heteroatoms. The first kappa shape index (κ1) is 12.5. The minimum atomic E-state index is -0.857. The van der Waals surface area contributed by atoms with Crippen LogP contribution in [0.15, 0.2) is 6.07 Å². The van der Waals surface area contributed by atoms with Gasteiger partial charge in [0.05, 0.1) is 6.61 Å². The van der Waals surface area contributed by atoms with E-state index in [1.165, 1.54) is 11.3 Å². The van der Waals surface area contributed by atoms with Gasteiger partial charge in [-0.25, -0.2) is 4.79 Å². The fraction of sp³-hybridized carbons (Fsp3) is 0.583. The lowest BCUT2D eigenvalue weighted by Crippen LogP contribution is -2.31. The predicted molar refractivity (Wildman–Crippen MR) is 66.5 cm³/mol. The van der Waals surface area contributed by atoms with Crippen molar-refractivity contribution >= 4 is 17.3 Å². The molecule has 1 saturated heterocycles. The highest BCUT2D eigenvalue weighted by atomic mass is 32.1. The molecule has 2 N–H and O–H groups in total. The summed E-state index contributed by atoms with van der Waals surface area (Å²) in [5.74, 6) is -0.857. The van der Waals surface area contributed by atoms with Crippen molar-refractivity contribution in [2.24, 2.45) is 0 Å². The lowest BCUT2D eigenvalue weighted by Gasteiger charge is -2.22. The van der Waals surface area contributed by atoms with E-state index in [4.69, 9.17) is 5.11 Å². The maximum absolute atomic E-state index is 10.9. The second-order valence-electron chi connectivity index (χ2n) is 4.45. The molecular formula is C12H17NO3S. The average Bonchev–Trinajstić information content (AvgIpc) is 2.87. The van der Waals surface area contributed by atoms with Gasteiger partial charge < -0.3 is 10.2 Å². The summed E-state index contributed by atoms with van der Waals surface area (Å²) < 4.78 is 0. The third-order valence-corrected chi connectivity index (χ3v) is 4.40. The molecule has 1 aromatic heterocycles. The number of nitrogens with zero attached hydrogens (tertiary/aromatic N) is 1. The van der Waals surface area contributed by atoms with E-state index in [2.05, 4.69) is 4.90 Å². The van der Waals surface area contributed by atoms with Gasteiger partial charge in [-0.1, -0.05) is 0 Å². The van der Waals surface area contributed by atoms with Crippen molar-refractivity contribution in [2.75, 3.05) is 13.2 Å². The Labute approximate surface area is 104 Å². The molecule has 0 radical (unpaired) electrons. The minimum Gasteiger partial charge on any atom is -0.477 e. The average molecular weight is 255 g/mol. The summed E-state index contributed by atoms with van der Waals surface area (Å²) in [6, 6.07) is 2.00. The van der Waals surface area contributed by atoms with Crippen molar-refractivity contribution in [1.29, 1.82) is 0 Å². The number of carboxylic acids is 1. The Kier molecular flexibility index (Phi) is 3.81. The van der Waals surface area contributed by atoms with Crippen LogP contribution in [0.3, 0.4) is 0 Å². The highest BCUT2D eigenvalue weighted by Crippen LogP contribution is 2.26. The van der Waals surface area contributed by atoms with Gasteiger partial charge in [0.15, 0.2) is 0 Å². The number of aliphatic hydroxyl groups excluding tert-OH is 1. The fourth-order valence-electron chi connectivity index (χ4n) is 2.31. The summed E-state index contributed by atoms with van der Waals surface area (Å²) >= 11 is 1.33. The van der Waals surface area contributed by atoms with Crippen LogP contribution in [0.2, 0.25) is 0 Å². The maximum atomic E-state index is 10.9. The summed E-state index contributed by atoms with van der Waals surface area (Å²) in [6.45, 7) is 3.88. The second kappa shape index (κ2) is 5.16. The summed E-state index contributed by atoms with van der Waals surface area (Å²) in [7, 11) is 0. The molecule has 0 aliphatic carbocycles. The molecule has 1 fully saturated rings. The minimum absolute atomic E-state index is 0.189. The van der Waals surface area contributed by atoms with E-state index >= 15 is 0 Å². The molecule has 94 valence electrons. The van der Waals surface area contributed by atoms with Crippen molar-refractivity contribution in [1.82, 2.24) is 4.90 Å². The van der Waals surface area contributed by atoms with Gasteiger partial charge in [0.25, 0.3) is 0 Å². The molecule has 1 unspecified atom stereocenters. The first-order valence-electron chi connectivity index (χ1n) is 5.79. The number of hydrogen-bond acceptors (Lipinski definition) is 4. The van der Waals surface area contributed by atoms with Crippen LogP contribution in [0.5, 0.6) is 0 Å². The zero-order chi connectivity index (χ0) is 12.4. The van der Waals surface area contributed by atoms with Crippen molar-refractivity contribution < 1.29 is 15.0 Å². The molecule has 0 aromatic carbocycles. The first-order valence-corrected chi connectivity index (χ1v) is 6.61. The zero-order valence-corrected chi connectivity index (χ0v) is 10.7. The Morgan fingerprint density at radius 3 is 3.00 bits per heavy atom. The van der Waals surface area contributed by atoms with Crippen LogP contribution in [0.4, 0.5) is 0 Å². The van der Waals surface area contributed by atoms with Gasteiger partial charge in [0.1, 0.15) is 4.88 Å². The molecule has 1 atom stereocenters. The molecule has 4 nitrogen and oxygen atoms in total. The molecule has 1 aliphatic rings. The quantitative estimate of drug-likeness (QED) is 0.860. The topological polar surface area (TPSA) is 60.8 Å². The van der Waals surface area contributed by atoms with E-state index < -0.39 is 5.97 Å². The number of rotatable bonds is 4. The number of hydrogen-bond donors (Lipinski definition) is 2. The first-order chi connectivity index (χ1) is 8.11. The van der Waals surface area contributed by atoms with Crippen LogP contribution in [0, 0.1) is 6.92 Å². The zero-order valence-electron chi connectivity index (χ0n) is 9.85. The van der Waals surface area contributed by atoms with Gasteiger partial charge >= 0.3 is 5.97 Å². The Morgan fingerprint density at radius 1 is 1.65 bits per heavy atom. The third-order valence-electron chi connectivity index (χ3n) is 3.31. The summed E-state index contributed by atoms with van der Waals surface area (Å²) in [5, 5.41) is 18.2. The summed E-state index contributed by atoms with van der Waals surface area (Å²) in [6.07, 6.45) is 2.14. The van der Waals surface area contributed by atoms with Gasteiger partial charge in [-0.15, -0.1) is 11.3 Å². The number of carboxylic acid groups (broad SMARTS) is 1. The van der Waals surface area contributed by atoms with E-state index in [1.807, 2.05) is 6.92 Å². The molecule has 1 aromatic rings. The second-order valence-corrected chi connectivity index (χ2v) is 5.70. The maximum Gasteiger partial charge on any atom is 0.345 e. The van der Waals surface area contributed by atoms with Crippen LogP contribution >= 0.6 is 11.3 Å². The van der Waals surface area contributed by atoms with Crippen LogP contribution < -0.4 is 0 Å². The van der Waals surface area contributed by atoms with E-state index in [1.54, 1.807) is 6.07 Å². The molecule has 0 spiro atoms. The molecule has 0 amide bonds. The number of carbonyl (C=O) groups is 1. The standard InChI is InChI=1S/C12H17NO3S/c1-8-9(5-11(17-8)12(15)16)6-13-4-2-3-10(13)7-14/h5,10,14H,2-4,6-7H2,1H3,(H,15,16). The molecule has 2 heterocycles. The lowest BCUT2D eigenvalue weighted by molar-refractivity contribution is 0.0702. The predicted octanol–water partition coefficient (Wildman–Crippen LogP) is 1.71. The number of aryl methyl sites for hydroxylation is 1. The Balaban J connectivity index is 2.10. The Hall–Kier alpha value is -0.910. The molecule has 0 saturated carbocycles. The van der Waals surface area contributed by atoms with Gasteiger partial charge in [-0.2, -0.15) is 0 Å². The SMILES string of the molecule is Cc1sc(C(=O)O)cc1CN1CCCC1CO. The van der Waals surface area contributed by atoms with Crippen molar-refractivity contribution in [3.8, 4) is 0 Å². The normalized spacial score (nSPS) is 20.9. The number of aromatic carboxylic acids is 1. The number of thiophene rings is 1. The highest BCUT2D eigenvalue weighted by molar-refractivity contribution is 7.14. The van der Waals surface area contributed by atoms with E-state index in [-0.39, 0.29) is 12.6 Å². The molecule has 0 bridgehead atoms. The number of likely N-dealkylation sites (tertiary alicyclic amines) is 1. The van der Waals surface area contributed by atoms with Crippen LogP contribution in [0.25, 0.3) is 0 Å². The molecule has 2 rings (SSSR count). The Bertz CT molecular complexity index is 416. The van der Waals surface area contributed by atoms with Gasteiger partial charge in [-0.3, -0.25) is 4.90 Å². The van der Waals surface area contributed by atoms with Crippen LogP contribution in [0.1, 0.15) is 33.0 Å². The highest BCUT2D eigenvalue weighted by Gasteiger charge is 2.24. The van der Waals surface area contributed by atoms with Gasteiger partial charge in [0, 0.05) is 17.5 Å². The molecule has 17 heavy (non-hydrogen) atoms. The van der Waals surface area contributed by atoms with Crippen molar-refractivity contribution in [3.05, 3.63) is 21.4 Å². The van der Waals surface area contributed by atoms with Crippen molar-refractivity contribution in [3.63, 3.8) is 0 Å². The van der Waals surface area contributed by atoms with Crippen molar-refractivity contribution in [2.45, 2.75) is 32.4 Å². The third kappa shape index (κ3) is 2.68. The van der Waals surface area contributed by atoms with Gasteiger partial charge in [0.2, 0.25) is 0 Å². The van der Waals surface area contributed by atoms with Crippen LogP contribution in [-0.4, -0.2) is 40.3 Å². The molecule has 1 aliphatic heterocycles. The fourth-order valence-corrected chi connectivity index (χ4v) is 3.18. The van der Waals surface area contributed by atoms with E-state index in [9.17, 15) is 9.90 Å². The molecular weight excluding hydrogens is 238 g/mol. The largest absolute Gasteiger partial charge is 0.477 e. The Morgan fingerprint density at radius 2 is 2.41 bits per heavy atom. The summed E-state index contributed by atoms with van der Waals surface area (Å²) in [5.41, 5.74) is 1.08. The number of aliphatic hydroxyl groups is 1.